The van der Waals surface area contributed by atoms with Crippen LogP contribution >= 0.6 is 0 Å². The van der Waals surface area contributed by atoms with Crippen LogP contribution in [0.25, 0.3) is 22.3 Å². The van der Waals surface area contributed by atoms with Crippen LogP contribution in [0.3, 0.4) is 0 Å². The van der Waals surface area contributed by atoms with Gasteiger partial charge in [0.05, 0.1) is 36.5 Å². The molecule has 0 aliphatic carbocycles. The summed E-state index contributed by atoms with van der Waals surface area (Å²) in [5.74, 6) is -0.216. The minimum atomic E-state index is -4.52. The number of pyridine rings is 2. The van der Waals surface area contributed by atoms with E-state index in [0.717, 1.165) is 22.8 Å². The molecule has 0 N–H and O–H groups in total. The second-order valence-corrected chi connectivity index (χ2v) is 9.27. The highest BCUT2D eigenvalue weighted by atomic mass is 19.4. The number of aromatic nitrogens is 4. The van der Waals surface area contributed by atoms with Crippen molar-refractivity contribution in [2.45, 2.75) is 26.3 Å². The highest BCUT2D eigenvalue weighted by Gasteiger charge is 2.32. The molecule has 10 heteroatoms. The summed E-state index contributed by atoms with van der Waals surface area (Å²) in [6.45, 7) is 3.20. The topological polar surface area (TPSA) is 73.1 Å². The average Bonchev–Trinajstić information content (AvgIpc) is 3.42. The number of halogens is 3. The summed E-state index contributed by atoms with van der Waals surface area (Å²) in [5, 5.41) is 4.29. The highest BCUT2D eigenvalue weighted by Crippen LogP contribution is 2.30. The minimum Gasteiger partial charge on any atom is -0.375 e. The van der Waals surface area contributed by atoms with Crippen LogP contribution in [0.4, 0.5) is 18.9 Å². The van der Waals surface area contributed by atoms with Gasteiger partial charge in [-0.25, -0.2) is 9.97 Å². The Bertz CT molecular complexity index is 1650. The maximum Gasteiger partial charge on any atom is 0.433 e. The van der Waals surface area contributed by atoms with Crippen LogP contribution in [0.5, 0.6) is 0 Å². The standard InChI is InChI=1S/C30H26F3N5O2/c1-20-18-22(23-9-10-25-24(35-23)11-13-28(36-25)30(31,32)33)8-12-26(20)37(2)29(39)27-14-15-34-38(27)16-17-40-19-21-6-4-3-5-7-21/h3-15,18H,16-17,19H2,1-2H3. The third kappa shape index (κ3) is 5.86. The number of benzene rings is 2. The molecule has 2 aromatic carbocycles. The van der Waals surface area contributed by atoms with E-state index in [-0.39, 0.29) is 11.4 Å². The number of anilines is 1. The third-order valence-corrected chi connectivity index (χ3v) is 6.49. The molecule has 0 fully saturated rings. The zero-order chi connectivity index (χ0) is 28.3. The molecule has 40 heavy (non-hydrogen) atoms. The van der Waals surface area contributed by atoms with E-state index in [1.165, 1.54) is 12.1 Å². The van der Waals surface area contributed by atoms with Crippen molar-refractivity contribution in [2.75, 3.05) is 18.6 Å². The van der Waals surface area contributed by atoms with Crippen molar-refractivity contribution in [3.05, 3.63) is 108 Å². The molecule has 3 aromatic heterocycles. The number of aryl methyl sites for hydroxylation is 1. The van der Waals surface area contributed by atoms with Gasteiger partial charge in [-0.1, -0.05) is 36.4 Å². The largest absolute Gasteiger partial charge is 0.433 e. The second-order valence-electron chi connectivity index (χ2n) is 9.27. The monoisotopic (exact) mass is 545 g/mol. The first kappa shape index (κ1) is 27.0. The number of alkyl halides is 3. The van der Waals surface area contributed by atoms with Gasteiger partial charge < -0.3 is 9.64 Å². The number of rotatable bonds is 8. The Morgan fingerprint density at radius 2 is 1.70 bits per heavy atom. The molecule has 0 spiro atoms. The molecule has 7 nitrogen and oxygen atoms in total. The van der Waals surface area contributed by atoms with Gasteiger partial charge in [-0.3, -0.25) is 9.48 Å². The molecule has 0 atom stereocenters. The van der Waals surface area contributed by atoms with Gasteiger partial charge in [0, 0.05) is 24.5 Å². The highest BCUT2D eigenvalue weighted by molar-refractivity contribution is 6.05. The predicted molar refractivity (Wildman–Crippen MR) is 146 cm³/mol. The van der Waals surface area contributed by atoms with E-state index < -0.39 is 11.9 Å². The van der Waals surface area contributed by atoms with Crippen LogP contribution in [-0.2, 0) is 24.1 Å². The fourth-order valence-electron chi connectivity index (χ4n) is 4.41. The lowest BCUT2D eigenvalue weighted by Crippen LogP contribution is -2.29. The smallest absolute Gasteiger partial charge is 0.375 e. The number of nitrogens with zero attached hydrogens (tertiary/aromatic N) is 5. The molecular weight excluding hydrogens is 519 g/mol. The Hall–Kier alpha value is -4.57. The Morgan fingerprint density at radius 1 is 0.950 bits per heavy atom. The van der Waals surface area contributed by atoms with Gasteiger partial charge in [0.1, 0.15) is 11.4 Å². The Kier molecular flexibility index (Phi) is 7.61. The number of hydrogen-bond acceptors (Lipinski definition) is 5. The number of fused-ring (bicyclic) bond motifs is 1. The van der Waals surface area contributed by atoms with Crippen LogP contribution in [-0.4, -0.2) is 39.3 Å². The van der Waals surface area contributed by atoms with Crippen LogP contribution in [0.1, 0.15) is 27.3 Å². The maximum atomic E-state index is 13.4. The van der Waals surface area contributed by atoms with Crippen molar-refractivity contribution in [3.8, 4) is 11.3 Å². The fourth-order valence-corrected chi connectivity index (χ4v) is 4.41. The first-order valence-corrected chi connectivity index (χ1v) is 12.6. The summed E-state index contributed by atoms with van der Waals surface area (Å²) in [5.41, 5.74) is 3.98. The van der Waals surface area contributed by atoms with Crippen LogP contribution in [0.15, 0.2) is 85.1 Å². The van der Waals surface area contributed by atoms with Gasteiger partial charge in [-0.05, 0) is 60.5 Å². The number of ether oxygens (including phenoxy) is 1. The number of carbonyl (C=O) groups is 1. The molecule has 1 amide bonds. The van der Waals surface area contributed by atoms with Crippen molar-refractivity contribution in [1.82, 2.24) is 19.7 Å². The van der Waals surface area contributed by atoms with Crippen molar-refractivity contribution < 1.29 is 22.7 Å². The van der Waals surface area contributed by atoms with Crippen molar-refractivity contribution in [2.24, 2.45) is 0 Å². The normalized spacial score (nSPS) is 11.6. The average molecular weight is 546 g/mol. The number of amides is 1. The van der Waals surface area contributed by atoms with Crippen molar-refractivity contribution in [1.29, 1.82) is 0 Å². The van der Waals surface area contributed by atoms with Crippen molar-refractivity contribution >= 4 is 22.6 Å². The lowest BCUT2D eigenvalue weighted by molar-refractivity contribution is -0.140. The molecular formula is C30H26F3N5O2. The van der Waals surface area contributed by atoms with E-state index in [9.17, 15) is 18.0 Å². The molecule has 5 rings (SSSR count). The lowest BCUT2D eigenvalue weighted by Gasteiger charge is -2.21. The summed E-state index contributed by atoms with van der Waals surface area (Å²) in [4.78, 5) is 23.1. The second kappa shape index (κ2) is 11.3. The summed E-state index contributed by atoms with van der Waals surface area (Å²) in [6.07, 6.45) is -2.93. The minimum absolute atomic E-state index is 0.166. The van der Waals surface area contributed by atoms with E-state index in [1.807, 2.05) is 55.5 Å². The molecule has 0 saturated carbocycles. The number of hydrogen-bond donors (Lipinski definition) is 0. The molecule has 5 aromatic rings. The van der Waals surface area contributed by atoms with E-state index >= 15 is 0 Å². The molecule has 0 aliphatic heterocycles. The zero-order valence-electron chi connectivity index (χ0n) is 21.9. The molecule has 0 saturated heterocycles. The molecule has 0 aliphatic rings. The predicted octanol–water partition coefficient (Wildman–Crippen LogP) is 6.31. The summed E-state index contributed by atoms with van der Waals surface area (Å²) < 4.78 is 46.3. The van der Waals surface area contributed by atoms with Crippen molar-refractivity contribution in [3.63, 3.8) is 0 Å². The van der Waals surface area contributed by atoms with E-state index in [2.05, 4.69) is 15.1 Å². The molecule has 0 radical (unpaired) electrons. The fraction of sp³-hybridized carbons (Fsp3) is 0.200. The van der Waals surface area contributed by atoms with Crippen LogP contribution in [0, 0.1) is 6.92 Å². The Labute approximate surface area is 228 Å². The maximum absolute atomic E-state index is 13.4. The van der Waals surface area contributed by atoms with E-state index in [1.54, 1.807) is 35.0 Å². The van der Waals surface area contributed by atoms with Gasteiger partial charge in [-0.2, -0.15) is 18.3 Å². The molecule has 3 heterocycles. The SMILES string of the molecule is Cc1cc(-c2ccc3nc(C(F)(F)F)ccc3n2)ccc1N(C)C(=O)c1ccnn1CCOCc1ccccc1. The van der Waals surface area contributed by atoms with Gasteiger partial charge in [0.2, 0.25) is 0 Å². The Balaban J connectivity index is 1.28. The van der Waals surface area contributed by atoms with E-state index in [4.69, 9.17) is 4.74 Å². The number of carbonyl (C=O) groups excluding carboxylic acids is 1. The van der Waals surface area contributed by atoms with Crippen LogP contribution in [0.2, 0.25) is 0 Å². The summed E-state index contributed by atoms with van der Waals surface area (Å²) in [7, 11) is 1.70. The molecule has 0 bridgehead atoms. The van der Waals surface area contributed by atoms with Gasteiger partial charge in [-0.15, -0.1) is 0 Å². The molecule has 0 unspecified atom stereocenters. The zero-order valence-corrected chi connectivity index (χ0v) is 21.9. The van der Waals surface area contributed by atoms with Gasteiger partial charge >= 0.3 is 6.18 Å². The van der Waals surface area contributed by atoms with Gasteiger partial charge in [0.25, 0.3) is 5.91 Å². The first-order valence-electron chi connectivity index (χ1n) is 12.6. The summed E-state index contributed by atoms with van der Waals surface area (Å²) in [6, 6.07) is 22.5. The first-order chi connectivity index (χ1) is 19.2. The lowest BCUT2D eigenvalue weighted by atomic mass is 10.1. The third-order valence-electron chi connectivity index (χ3n) is 6.49. The van der Waals surface area contributed by atoms with E-state index in [0.29, 0.717) is 42.4 Å². The summed E-state index contributed by atoms with van der Waals surface area (Å²) >= 11 is 0. The molecule has 204 valence electrons. The quantitative estimate of drug-likeness (QED) is 0.214. The van der Waals surface area contributed by atoms with Gasteiger partial charge in [0.15, 0.2) is 0 Å². The van der Waals surface area contributed by atoms with Crippen LogP contribution < -0.4 is 4.90 Å². The Morgan fingerprint density at radius 3 is 2.45 bits per heavy atom.